The lowest BCUT2D eigenvalue weighted by Gasteiger charge is -2.37. The van der Waals surface area contributed by atoms with Crippen LogP contribution in [0.5, 0.6) is 0 Å². The van der Waals surface area contributed by atoms with E-state index in [4.69, 9.17) is 9.57 Å². The molecule has 0 atom stereocenters. The molecule has 0 bridgehead atoms. The smallest absolute Gasteiger partial charge is 0.358 e. The molecule has 41 heavy (non-hydrogen) atoms. The predicted molar refractivity (Wildman–Crippen MR) is 162 cm³/mol. The van der Waals surface area contributed by atoms with Crippen LogP contribution in [0.4, 0.5) is 5.00 Å². The van der Waals surface area contributed by atoms with Crippen LogP contribution in [0, 0.1) is 0 Å². The summed E-state index contributed by atoms with van der Waals surface area (Å²) in [5, 5.41) is 20.0. The topological polar surface area (TPSA) is 97.2 Å². The molecular formula is C33H34N2O5S. The van der Waals surface area contributed by atoms with E-state index in [0.717, 1.165) is 21.7 Å². The fourth-order valence-electron chi connectivity index (χ4n) is 4.30. The van der Waals surface area contributed by atoms with Crippen LogP contribution in [0.3, 0.4) is 0 Å². The number of rotatable bonds is 10. The third kappa shape index (κ3) is 6.84. The molecule has 0 fully saturated rings. The van der Waals surface area contributed by atoms with Crippen molar-refractivity contribution in [1.29, 1.82) is 0 Å². The van der Waals surface area contributed by atoms with Crippen LogP contribution < -0.4 is 5.32 Å². The molecule has 1 aromatic heterocycles. The molecule has 0 aliphatic heterocycles. The summed E-state index contributed by atoms with van der Waals surface area (Å²) in [7, 11) is 0. The average molecular weight is 571 g/mol. The highest BCUT2D eigenvalue weighted by molar-refractivity contribution is 7.14. The lowest BCUT2D eigenvalue weighted by atomic mass is 9.77. The summed E-state index contributed by atoms with van der Waals surface area (Å²) in [5.41, 5.74) is 0.0679. The van der Waals surface area contributed by atoms with Gasteiger partial charge in [0.25, 0.3) is 0 Å². The van der Waals surface area contributed by atoms with Crippen molar-refractivity contribution < 1.29 is 24.3 Å². The maximum atomic E-state index is 12.6. The van der Waals surface area contributed by atoms with Gasteiger partial charge in [-0.3, -0.25) is 0 Å². The number of hydrogen-bond donors (Lipinski definition) is 2. The second kappa shape index (κ2) is 12.0. The van der Waals surface area contributed by atoms with Gasteiger partial charge in [0.2, 0.25) is 5.60 Å². The summed E-state index contributed by atoms with van der Waals surface area (Å²) in [5.74, 6) is -1.93. The number of anilines is 1. The zero-order valence-corrected chi connectivity index (χ0v) is 24.6. The Labute approximate surface area is 244 Å². The lowest BCUT2D eigenvalue weighted by molar-refractivity contribution is -0.179. The van der Waals surface area contributed by atoms with E-state index in [1.165, 1.54) is 25.2 Å². The number of aliphatic carboxylic acids is 1. The Balaban J connectivity index is 1.74. The number of carbonyl (C=O) groups is 2. The summed E-state index contributed by atoms with van der Waals surface area (Å²) in [6.07, 6.45) is 0. The summed E-state index contributed by atoms with van der Waals surface area (Å²) in [6.45, 7) is 8.20. The molecule has 8 heteroatoms. The fourth-order valence-corrected chi connectivity index (χ4v) is 5.15. The zero-order valence-electron chi connectivity index (χ0n) is 23.8. The van der Waals surface area contributed by atoms with E-state index in [9.17, 15) is 14.7 Å². The van der Waals surface area contributed by atoms with Gasteiger partial charge in [0, 0.05) is 10.9 Å². The van der Waals surface area contributed by atoms with Crippen molar-refractivity contribution in [2.75, 3.05) is 5.32 Å². The Morgan fingerprint density at radius 2 is 1.24 bits per heavy atom. The van der Waals surface area contributed by atoms with Crippen molar-refractivity contribution in [2.24, 2.45) is 5.16 Å². The molecule has 0 aliphatic carbocycles. The number of carboxylic acids is 1. The van der Waals surface area contributed by atoms with Crippen LogP contribution >= 0.6 is 11.3 Å². The molecule has 0 spiro atoms. The van der Waals surface area contributed by atoms with Crippen molar-refractivity contribution in [3.05, 3.63) is 125 Å². The molecule has 4 rings (SSSR count). The number of carboxylic acid groups (broad SMARTS) is 1. The van der Waals surface area contributed by atoms with Crippen LogP contribution in [-0.2, 0) is 24.7 Å². The van der Waals surface area contributed by atoms with Gasteiger partial charge in [0.15, 0.2) is 5.71 Å². The summed E-state index contributed by atoms with van der Waals surface area (Å²) in [6, 6.07) is 32.0. The van der Waals surface area contributed by atoms with Crippen LogP contribution in [0.2, 0.25) is 0 Å². The van der Waals surface area contributed by atoms with Gasteiger partial charge < -0.3 is 20.0 Å². The molecule has 0 unspecified atom stereocenters. The molecule has 0 saturated heterocycles. The normalized spacial score (nSPS) is 12.5. The van der Waals surface area contributed by atoms with Gasteiger partial charge in [-0.25, -0.2) is 9.59 Å². The minimum Gasteiger partial charge on any atom is -0.476 e. The minimum atomic E-state index is -1.49. The first-order valence-electron chi connectivity index (χ1n) is 13.2. The standard InChI is InChI=1S/C33H34N2O5S/c1-31(2,3)39-30(38)32(4,5)40-35-28(29(36)37)23-21-27(41-22-23)34-33(24-15-9-6-10-16-24,25-17-11-7-12-18-25)26-19-13-8-14-20-26/h6-22,34H,1-5H3,(H,36,37)/b35-28+. The molecule has 3 aromatic carbocycles. The van der Waals surface area contributed by atoms with E-state index < -0.39 is 28.7 Å². The molecule has 0 saturated carbocycles. The molecule has 7 nitrogen and oxygen atoms in total. The van der Waals surface area contributed by atoms with E-state index in [-0.39, 0.29) is 5.71 Å². The maximum Gasteiger partial charge on any atom is 0.358 e. The monoisotopic (exact) mass is 570 g/mol. The van der Waals surface area contributed by atoms with E-state index >= 15 is 0 Å². The SMILES string of the molecule is CC(C)(C)OC(=O)C(C)(C)O/N=C(/C(=O)O)c1csc(NC(c2ccccc2)(c2ccccc2)c2ccccc2)c1. The Kier molecular flexibility index (Phi) is 8.63. The van der Waals surface area contributed by atoms with Crippen LogP contribution in [0.1, 0.15) is 56.9 Å². The highest BCUT2D eigenvalue weighted by atomic mass is 32.1. The average Bonchev–Trinajstić information content (AvgIpc) is 3.40. The van der Waals surface area contributed by atoms with Gasteiger partial charge >= 0.3 is 11.9 Å². The highest BCUT2D eigenvalue weighted by Crippen LogP contribution is 2.41. The number of oxime groups is 1. The zero-order chi connectivity index (χ0) is 29.7. The van der Waals surface area contributed by atoms with Crippen LogP contribution in [-0.4, -0.2) is 34.0 Å². The number of benzene rings is 3. The second-order valence-electron chi connectivity index (χ2n) is 11.0. The molecule has 212 valence electrons. The Morgan fingerprint density at radius 1 is 0.780 bits per heavy atom. The molecule has 0 amide bonds. The van der Waals surface area contributed by atoms with Gasteiger partial charge in [-0.2, -0.15) is 0 Å². The molecule has 2 N–H and O–H groups in total. The maximum absolute atomic E-state index is 12.6. The number of ether oxygens (including phenoxy) is 1. The van der Waals surface area contributed by atoms with E-state index in [0.29, 0.717) is 5.56 Å². The predicted octanol–water partition coefficient (Wildman–Crippen LogP) is 7.08. The molecule has 1 heterocycles. The third-order valence-corrected chi connectivity index (χ3v) is 7.11. The fraction of sp³-hybridized carbons (Fsp3) is 0.242. The number of hydrogen-bond acceptors (Lipinski definition) is 7. The first-order chi connectivity index (χ1) is 19.4. The number of esters is 1. The highest BCUT2D eigenvalue weighted by Gasteiger charge is 2.38. The molecular weight excluding hydrogens is 536 g/mol. The molecule has 4 aromatic rings. The van der Waals surface area contributed by atoms with E-state index in [1.807, 2.05) is 54.6 Å². The van der Waals surface area contributed by atoms with Crippen LogP contribution in [0.25, 0.3) is 0 Å². The first kappa shape index (κ1) is 29.6. The Morgan fingerprint density at radius 3 is 1.66 bits per heavy atom. The Bertz CT molecular complexity index is 1410. The van der Waals surface area contributed by atoms with Gasteiger partial charge in [-0.05, 0) is 57.4 Å². The van der Waals surface area contributed by atoms with Gasteiger partial charge in [0.05, 0.1) is 5.00 Å². The lowest BCUT2D eigenvalue weighted by Crippen LogP contribution is -2.40. The van der Waals surface area contributed by atoms with E-state index in [2.05, 4.69) is 46.9 Å². The van der Waals surface area contributed by atoms with Gasteiger partial charge in [-0.1, -0.05) is 96.2 Å². The number of nitrogens with one attached hydrogen (secondary N) is 1. The quantitative estimate of drug-likeness (QED) is 0.0916. The van der Waals surface area contributed by atoms with Crippen molar-refractivity contribution in [1.82, 2.24) is 0 Å². The first-order valence-corrected chi connectivity index (χ1v) is 14.1. The van der Waals surface area contributed by atoms with Gasteiger partial charge in [-0.15, -0.1) is 11.3 Å². The largest absolute Gasteiger partial charge is 0.476 e. The Hall–Kier alpha value is -4.43. The second-order valence-corrected chi connectivity index (χ2v) is 11.9. The number of thiophene rings is 1. The van der Waals surface area contributed by atoms with Crippen molar-refractivity contribution in [3.63, 3.8) is 0 Å². The summed E-state index contributed by atoms with van der Waals surface area (Å²) < 4.78 is 5.40. The molecule has 0 aliphatic rings. The number of nitrogens with zero attached hydrogens (tertiary/aromatic N) is 1. The summed E-state index contributed by atoms with van der Waals surface area (Å²) >= 11 is 1.35. The number of carbonyl (C=O) groups excluding carboxylic acids is 1. The molecule has 0 radical (unpaired) electrons. The van der Waals surface area contributed by atoms with Crippen molar-refractivity contribution >= 4 is 34.0 Å². The van der Waals surface area contributed by atoms with E-state index in [1.54, 1.807) is 32.2 Å². The summed E-state index contributed by atoms with van der Waals surface area (Å²) in [4.78, 5) is 30.3. The van der Waals surface area contributed by atoms with Gasteiger partial charge in [0.1, 0.15) is 11.1 Å². The van der Waals surface area contributed by atoms with Crippen molar-refractivity contribution in [3.8, 4) is 0 Å². The van der Waals surface area contributed by atoms with Crippen LogP contribution in [0.15, 0.2) is 108 Å². The third-order valence-electron chi connectivity index (χ3n) is 6.26. The van der Waals surface area contributed by atoms with Crippen molar-refractivity contribution in [2.45, 2.75) is 51.4 Å². The minimum absolute atomic E-state index is 0.323.